The molecule has 0 spiro atoms. The minimum atomic E-state index is -1.46. The standard InChI is InChI=1S/C9H12N4O6/c10-7-3(12-18)1-13(9(17)11-7)8-6(16)5(15)4(2-14)19-8/h1,4-6,8,14-16H,2H2,(H2,10,11,17)/t4-,5-,6-,8-/m1/s1. The Morgan fingerprint density at radius 3 is 2.68 bits per heavy atom. The molecule has 19 heavy (non-hydrogen) atoms. The van der Waals surface area contributed by atoms with Gasteiger partial charge in [-0.1, -0.05) is 0 Å². The topological polar surface area (TPSA) is 160 Å². The first kappa shape index (κ1) is 13.5. The summed E-state index contributed by atoms with van der Waals surface area (Å²) in [7, 11) is 0. The Kier molecular flexibility index (Phi) is 3.57. The highest BCUT2D eigenvalue weighted by atomic mass is 16.6. The van der Waals surface area contributed by atoms with Crippen LogP contribution in [0.5, 0.6) is 0 Å². The highest BCUT2D eigenvalue weighted by Gasteiger charge is 2.43. The van der Waals surface area contributed by atoms with Gasteiger partial charge in [-0.2, -0.15) is 4.98 Å². The van der Waals surface area contributed by atoms with Gasteiger partial charge in [-0.3, -0.25) is 4.57 Å². The van der Waals surface area contributed by atoms with Crippen molar-refractivity contribution in [2.75, 3.05) is 12.3 Å². The maximum atomic E-state index is 11.6. The molecule has 0 amide bonds. The minimum Gasteiger partial charge on any atom is -0.394 e. The van der Waals surface area contributed by atoms with Gasteiger partial charge in [-0.15, -0.1) is 4.91 Å². The van der Waals surface area contributed by atoms with E-state index in [1.807, 2.05) is 0 Å². The summed E-state index contributed by atoms with van der Waals surface area (Å²) >= 11 is 0. The average Bonchev–Trinajstić information content (AvgIpc) is 2.67. The molecule has 1 aromatic heterocycles. The second-order valence-corrected chi connectivity index (χ2v) is 4.02. The number of hydrogen-bond acceptors (Lipinski definition) is 9. The van der Waals surface area contributed by atoms with Crippen molar-refractivity contribution in [3.8, 4) is 0 Å². The molecular weight excluding hydrogens is 260 g/mol. The SMILES string of the molecule is Nc1nc(=O)n([C@@H]2O[C@H](CO)[C@@H](O)[C@H]2O)cc1N=O. The number of rotatable bonds is 3. The Balaban J connectivity index is 2.43. The van der Waals surface area contributed by atoms with Crippen LogP contribution in [0.4, 0.5) is 11.5 Å². The third kappa shape index (κ3) is 2.21. The van der Waals surface area contributed by atoms with Gasteiger partial charge < -0.3 is 25.8 Å². The van der Waals surface area contributed by atoms with Crippen LogP contribution in [0.25, 0.3) is 0 Å². The minimum absolute atomic E-state index is 0.294. The highest BCUT2D eigenvalue weighted by molar-refractivity contribution is 5.54. The third-order valence-electron chi connectivity index (χ3n) is 2.85. The normalized spacial score (nSPS) is 30.5. The Labute approximate surface area is 106 Å². The first-order valence-electron chi connectivity index (χ1n) is 5.34. The molecule has 10 nitrogen and oxygen atoms in total. The van der Waals surface area contributed by atoms with E-state index < -0.39 is 36.8 Å². The summed E-state index contributed by atoms with van der Waals surface area (Å²) < 4.78 is 5.92. The fourth-order valence-electron chi connectivity index (χ4n) is 1.83. The summed E-state index contributed by atoms with van der Waals surface area (Å²) in [6.45, 7) is -0.537. The first-order valence-corrected chi connectivity index (χ1v) is 5.34. The van der Waals surface area contributed by atoms with Crippen molar-refractivity contribution in [2.45, 2.75) is 24.5 Å². The molecule has 10 heteroatoms. The lowest BCUT2D eigenvalue weighted by Gasteiger charge is -2.17. The van der Waals surface area contributed by atoms with Crippen LogP contribution in [0.3, 0.4) is 0 Å². The molecule has 0 saturated carbocycles. The van der Waals surface area contributed by atoms with E-state index in [9.17, 15) is 19.9 Å². The van der Waals surface area contributed by atoms with Crippen molar-refractivity contribution >= 4 is 11.5 Å². The predicted molar refractivity (Wildman–Crippen MR) is 61.4 cm³/mol. The number of nitrogen functional groups attached to an aromatic ring is 1. The molecule has 4 atom stereocenters. The summed E-state index contributed by atoms with van der Waals surface area (Å²) in [4.78, 5) is 25.5. The number of aliphatic hydroxyl groups excluding tert-OH is 3. The number of aromatic nitrogens is 2. The van der Waals surface area contributed by atoms with Gasteiger partial charge in [0.1, 0.15) is 18.3 Å². The van der Waals surface area contributed by atoms with E-state index in [4.69, 9.17) is 15.6 Å². The number of hydrogen-bond donors (Lipinski definition) is 4. The molecule has 0 unspecified atom stereocenters. The van der Waals surface area contributed by atoms with Gasteiger partial charge in [0, 0.05) is 6.20 Å². The lowest BCUT2D eigenvalue weighted by atomic mass is 10.1. The Morgan fingerprint density at radius 1 is 1.47 bits per heavy atom. The zero-order valence-corrected chi connectivity index (χ0v) is 9.58. The molecule has 0 radical (unpaired) electrons. The van der Waals surface area contributed by atoms with Crippen molar-refractivity contribution in [1.29, 1.82) is 0 Å². The van der Waals surface area contributed by atoms with E-state index in [0.717, 1.165) is 10.8 Å². The lowest BCUT2D eigenvalue weighted by molar-refractivity contribution is -0.0548. The lowest BCUT2D eigenvalue weighted by Crippen LogP contribution is -2.36. The molecule has 5 N–H and O–H groups in total. The van der Waals surface area contributed by atoms with E-state index in [2.05, 4.69) is 10.2 Å². The molecule has 1 fully saturated rings. The largest absolute Gasteiger partial charge is 0.394 e. The van der Waals surface area contributed by atoms with Gasteiger partial charge in [-0.05, 0) is 5.18 Å². The number of anilines is 1. The maximum Gasteiger partial charge on any atom is 0.351 e. The van der Waals surface area contributed by atoms with E-state index in [0.29, 0.717) is 0 Å². The Hall–Kier alpha value is -1.88. The zero-order valence-electron chi connectivity index (χ0n) is 9.58. The van der Waals surface area contributed by atoms with Crippen molar-refractivity contribution in [2.24, 2.45) is 5.18 Å². The van der Waals surface area contributed by atoms with Crippen molar-refractivity contribution in [3.05, 3.63) is 21.6 Å². The molecule has 1 aliphatic rings. The van der Waals surface area contributed by atoms with Gasteiger partial charge in [0.25, 0.3) is 0 Å². The molecule has 0 aromatic carbocycles. The van der Waals surface area contributed by atoms with Gasteiger partial charge in [0.2, 0.25) is 0 Å². The van der Waals surface area contributed by atoms with Crippen LogP contribution in [0.15, 0.2) is 16.2 Å². The number of nitrogens with two attached hydrogens (primary N) is 1. The number of nitroso groups, excluding NO2 is 1. The van der Waals surface area contributed by atoms with Gasteiger partial charge in [0.15, 0.2) is 17.7 Å². The molecule has 1 saturated heterocycles. The second kappa shape index (κ2) is 5.01. The summed E-state index contributed by atoms with van der Waals surface area (Å²) in [6, 6.07) is 0. The maximum absolute atomic E-state index is 11.6. The van der Waals surface area contributed by atoms with Crippen LogP contribution in [0, 0.1) is 4.91 Å². The highest BCUT2D eigenvalue weighted by Crippen LogP contribution is 2.29. The second-order valence-electron chi connectivity index (χ2n) is 4.02. The van der Waals surface area contributed by atoms with Crippen molar-refractivity contribution in [1.82, 2.24) is 9.55 Å². The molecule has 104 valence electrons. The monoisotopic (exact) mass is 272 g/mol. The van der Waals surface area contributed by atoms with Crippen LogP contribution in [-0.4, -0.2) is 49.8 Å². The molecular formula is C9H12N4O6. The smallest absolute Gasteiger partial charge is 0.351 e. The van der Waals surface area contributed by atoms with Crippen molar-refractivity contribution in [3.63, 3.8) is 0 Å². The zero-order chi connectivity index (χ0) is 14.2. The van der Waals surface area contributed by atoms with Crippen LogP contribution in [0.2, 0.25) is 0 Å². The van der Waals surface area contributed by atoms with Gasteiger partial charge in [-0.25, -0.2) is 4.79 Å². The first-order chi connectivity index (χ1) is 8.99. The molecule has 1 aromatic rings. The van der Waals surface area contributed by atoms with Crippen LogP contribution >= 0.6 is 0 Å². The molecule has 1 aliphatic heterocycles. The third-order valence-corrected chi connectivity index (χ3v) is 2.85. The van der Waals surface area contributed by atoms with Gasteiger partial charge in [0.05, 0.1) is 6.61 Å². The molecule has 2 heterocycles. The van der Waals surface area contributed by atoms with Crippen molar-refractivity contribution < 1.29 is 20.1 Å². The number of aliphatic hydroxyl groups is 3. The van der Waals surface area contributed by atoms with Crippen LogP contribution in [0.1, 0.15) is 6.23 Å². The van der Waals surface area contributed by atoms with Gasteiger partial charge >= 0.3 is 5.69 Å². The summed E-state index contributed by atoms with van der Waals surface area (Å²) in [6.07, 6.45) is -4.19. The van der Waals surface area contributed by atoms with E-state index >= 15 is 0 Å². The Morgan fingerprint density at radius 2 is 2.16 bits per heavy atom. The summed E-state index contributed by atoms with van der Waals surface area (Å²) in [5, 5.41) is 30.9. The predicted octanol–water partition coefficient (Wildman–Crippen LogP) is -2.17. The summed E-state index contributed by atoms with van der Waals surface area (Å²) in [5.74, 6) is -0.344. The van der Waals surface area contributed by atoms with Crippen LogP contribution < -0.4 is 11.4 Å². The fraction of sp³-hybridized carbons (Fsp3) is 0.556. The average molecular weight is 272 g/mol. The molecule has 2 rings (SSSR count). The van der Waals surface area contributed by atoms with E-state index in [-0.39, 0.29) is 11.5 Å². The number of nitrogens with zero attached hydrogens (tertiary/aromatic N) is 3. The molecule has 0 bridgehead atoms. The van der Waals surface area contributed by atoms with Crippen LogP contribution in [-0.2, 0) is 4.74 Å². The quantitative estimate of drug-likeness (QED) is 0.452. The van der Waals surface area contributed by atoms with E-state index in [1.165, 1.54) is 0 Å². The fourth-order valence-corrected chi connectivity index (χ4v) is 1.83. The molecule has 0 aliphatic carbocycles. The number of ether oxygens (including phenoxy) is 1. The van der Waals surface area contributed by atoms with E-state index in [1.54, 1.807) is 0 Å². The summed E-state index contributed by atoms with van der Waals surface area (Å²) in [5.41, 5.74) is 4.13. The Bertz CT molecular complexity index is 546.